The predicted molar refractivity (Wildman–Crippen MR) is 94.5 cm³/mol. The molecule has 3 aromatic rings. The summed E-state index contributed by atoms with van der Waals surface area (Å²) < 4.78 is 0. The van der Waals surface area contributed by atoms with E-state index in [1.165, 1.54) is 33.4 Å². The SMILES string of the molecule is Nc1cccc2c1C1c3cccc(N)c3C2c2c(N)cccc21. The second kappa shape index (κ2) is 4.07. The number of rotatable bonds is 0. The highest BCUT2D eigenvalue weighted by Crippen LogP contribution is 2.59. The highest BCUT2D eigenvalue weighted by Gasteiger charge is 2.43. The zero-order valence-electron chi connectivity index (χ0n) is 12.6. The molecule has 112 valence electrons. The van der Waals surface area contributed by atoms with Gasteiger partial charge in [0.05, 0.1) is 0 Å². The fourth-order valence-corrected chi connectivity index (χ4v) is 4.49. The molecule has 0 fully saturated rings. The van der Waals surface area contributed by atoms with Gasteiger partial charge < -0.3 is 17.2 Å². The van der Waals surface area contributed by atoms with Crippen LogP contribution in [-0.2, 0) is 0 Å². The van der Waals surface area contributed by atoms with Crippen LogP contribution < -0.4 is 17.2 Å². The molecule has 0 radical (unpaired) electrons. The third kappa shape index (κ3) is 1.39. The van der Waals surface area contributed by atoms with Crippen molar-refractivity contribution >= 4 is 17.1 Å². The van der Waals surface area contributed by atoms with Gasteiger partial charge in [-0.05, 0) is 51.6 Å². The van der Waals surface area contributed by atoms with Crippen molar-refractivity contribution < 1.29 is 0 Å². The number of benzene rings is 3. The first-order valence-corrected chi connectivity index (χ1v) is 7.83. The summed E-state index contributed by atoms with van der Waals surface area (Å²) in [7, 11) is 0. The lowest BCUT2D eigenvalue weighted by Crippen LogP contribution is -2.30. The number of hydrogen-bond donors (Lipinski definition) is 3. The van der Waals surface area contributed by atoms with Crippen molar-refractivity contribution in [2.24, 2.45) is 0 Å². The summed E-state index contributed by atoms with van der Waals surface area (Å²) in [4.78, 5) is 0. The second-order valence-electron chi connectivity index (χ2n) is 6.42. The Labute approximate surface area is 134 Å². The maximum Gasteiger partial charge on any atom is 0.0390 e. The lowest BCUT2D eigenvalue weighted by Gasteiger charge is -2.43. The average Bonchev–Trinajstić information content (AvgIpc) is 2.55. The minimum Gasteiger partial charge on any atom is -0.398 e. The topological polar surface area (TPSA) is 78.1 Å². The molecule has 0 spiro atoms. The molecule has 6 N–H and O–H groups in total. The lowest BCUT2D eigenvalue weighted by atomic mass is 9.60. The molecule has 0 saturated carbocycles. The van der Waals surface area contributed by atoms with Crippen LogP contribution in [0.4, 0.5) is 17.1 Å². The van der Waals surface area contributed by atoms with E-state index in [4.69, 9.17) is 17.2 Å². The Morgan fingerprint density at radius 2 is 0.826 bits per heavy atom. The Balaban J connectivity index is 1.97. The number of anilines is 3. The number of nitrogen functional groups attached to an aromatic ring is 3. The highest BCUT2D eigenvalue weighted by molar-refractivity contribution is 5.79. The quantitative estimate of drug-likeness (QED) is 0.383. The molecule has 23 heavy (non-hydrogen) atoms. The van der Waals surface area contributed by atoms with Gasteiger partial charge in [0.15, 0.2) is 0 Å². The Bertz CT molecular complexity index is 921. The van der Waals surface area contributed by atoms with Crippen LogP contribution in [0.2, 0.25) is 0 Å². The molecule has 0 unspecified atom stereocenters. The van der Waals surface area contributed by atoms with E-state index in [0.717, 1.165) is 17.1 Å². The zero-order chi connectivity index (χ0) is 15.7. The van der Waals surface area contributed by atoms with Crippen LogP contribution >= 0.6 is 0 Å². The van der Waals surface area contributed by atoms with Gasteiger partial charge in [-0.15, -0.1) is 0 Å². The Hall–Kier alpha value is -2.94. The summed E-state index contributed by atoms with van der Waals surface area (Å²) in [5.41, 5.74) is 29.0. The highest BCUT2D eigenvalue weighted by atomic mass is 14.6. The third-order valence-electron chi connectivity index (χ3n) is 5.32. The Morgan fingerprint density at radius 3 is 1.26 bits per heavy atom. The van der Waals surface area contributed by atoms with E-state index in [-0.39, 0.29) is 11.8 Å². The normalized spacial score (nSPS) is 19.8. The summed E-state index contributed by atoms with van der Waals surface area (Å²) in [5, 5.41) is 0. The maximum absolute atomic E-state index is 6.36. The number of hydrogen-bond acceptors (Lipinski definition) is 3. The summed E-state index contributed by atoms with van der Waals surface area (Å²) in [5.74, 6) is 0.194. The average molecular weight is 299 g/mol. The van der Waals surface area contributed by atoms with Crippen LogP contribution in [0.3, 0.4) is 0 Å². The fraction of sp³-hybridized carbons (Fsp3) is 0.100. The Morgan fingerprint density at radius 1 is 0.478 bits per heavy atom. The van der Waals surface area contributed by atoms with Gasteiger partial charge in [0.2, 0.25) is 0 Å². The first-order chi connectivity index (χ1) is 11.2. The molecule has 0 amide bonds. The molecule has 2 bridgehead atoms. The molecule has 6 rings (SSSR count). The van der Waals surface area contributed by atoms with Crippen LogP contribution in [0.15, 0.2) is 54.6 Å². The van der Waals surface area contributed by atoms with Crippen molar-refractivity contribution in [1.82, 2.24) is 0 Å². The largest absolute Gasteiger partial charge is 0.398 e. The van der Waals surface area contributed by atoms with Crippen molar-refractivity contribution in [2.75, 3.05) is 17.2 Å². The van der Waals surface area contributed by atoms with Gasteiger partial charge >= 0.3 is 0 Å². The van der Waals surface area contributed by atoms with Gasteiger partial charge in [-0.1, -0.05) is 36.4 Å². The molecule has 3 aliphatic carbocycles. The van der Waals surface area contributed by atoms with E-state index in [1.54, 1.807) is 0 Å². The molecule has 0 heterocycles. The van der Waals surface area contributed by atoms with E-state index >= 15 is 0 Å². The van der Waals surface area contributed by atoms with Gasteiger partial charge in [0.25, 0.3) is 0 Å². The van der Waals surface area contributed by atoms with Crippen LogP contribution in [0, 0.1) is 0 Å². The summed E-state index contributed by atoms with van der Waals surface area (Å²) in [6.45, 7) is 0. The molecule has 0 atom stereocenters. The van der Waals surface area contributed by atoms with Crippen molar-refractivity contribution in [1.29, 1.82) is 0 Å². The molecule has 3 nitrogen and oxygen atoms in total. The van der Waals surface area contributed by atoms with Crippen LogP contribution in [-0.4, -0.2) is 0 Å². The molecular weight excluding hydrogens is 282 g/mol. The van der Waals surface area contributed by atoms with Crippen molar-refractivity contribution in [3.05, 3.63) is 88.0 Å². The van der Waals surface area contributed by atoms with Gasteiger partial charge in [-0.3, -0.25) is 0 Å². The molecular formula is C20H17N3. The predicted octanol–water partition coefficient (Wildman–Crippen LogP) is 3.42. The standard InChI is InChI=1S/C20H17N3/c21-13-7-3-6-12-17(13)16-10-4-1-8-14(22)18(10)20(12)19-11(16)5-2-9-15(19)23/h1-9,16,20H,21-23H2. The van der Waals surface area contributed by atoms with Crippen LogP contribution in [0.5, 0.6) is 0 Å². The van der Waals surface area contributed by atoms with Gasteiger partial charge in [-0.2, -0.15) is 0 Å². The first kappa shape index (κ1) is 12.6. The Kier molecular flexibility index (Phi) is 2.23. The minimum absolute atomic E-state index is 0.0749. The fourth-order valence-electron chi connectivity index (χ4n) is 4.49. The summed E-state index contributed by atoms with van der Waals surface area (Å²) in [6, 6.07) is 18.5. The molecule has 0 aliphatic heterocycles. The van der Waals surface area contributed by atoms with Gasteiger partial charge in [-0.25, -0.2) is 0 Å². The van der Waals surface area contributed by atoms with Crippen molar-refractivity contribution in [2.45, 2.75) is 11.8 Å². The van der Waals surface area contributed by atoms with Crippen molar-refractivity contribution in [3.8, 4) is 0 Å². The van der Waals surface area contributed by atoms with E-state index in [2.05, 4.69) is 18.2 Å². The smallest absolute Gasteiger partial charge is 0.0390 e. The third-order valence-corrected chi connectivity index (χ3v) is 5.32. The molecule has 3 aliphatic rings. The van der Waals surface area contributed by atoms with E-state index in [9.17, 15) is 0 Å². The number of nitrogens with two attached hydrogens (primary N) is 3. The van der Waals surface area contributed by atoms with Gasteiger partial charge in [0, 0.05) is 28.9 Å². The molecule has 3 heteroatoms. The second-order valence-corrected chi connectivity index (χ2v) is 6.42. The summed E-state index contributed by atoms with van der Waals surface area (Å²) >= 11 is 0. The minimum atomic E-state index is 0.0749. The van der Waals surface area contributed by atoms with E-state index in [0.29, 0.717) is 0 Å². The monoisotopic (exact) mass is 299 g/mol. The lowest BCUT2D eigenvalue weighted by molar-refractivity contribution is 0.761. The van der Waals surface area contributed by atoms with Crippen LogP contribution in [0.1, 0.15) is 45.2 Å². The molecule has 0 saturated heterocycles. The zero-order valence-corrected chi connectivity index (χ0v) is 12.6. The van der Waals surface area contributed by atoms with E-state index in [1.807, 2.05) is 36.4 Å². The van der Waals surface area contributed by atoms with Crippen LogP contribution in [0.25, 0.3) is 0 Å². The maximum atomic E-state index is 6.36. The summed E-state index contributed by atoms with van der Waals surface area (Å²) in [6.07, 6.45) is 0. The molecule has 0 aromatic heterocycles. The van der Waals surface area contributed by atoms with E-state index < -0.39 is 0 Å². The molecule has 3 aromatic carbocycles. The van der Waals surface area contributed by atoms with Gasteiger partial charge in [0.1, 0.15) is 0 Å². The van der Waals surface area contributed by atoms with Crippen molar-refractivity contribution in [3.63, 3.8) is 0 Å². The first-order valence-electron chi connectivity index (χ1n) is 7.83.